The smallest absolute Gasteiger partial charge is 0.338 e. The van der Waals surface area contributed by atoms with Crippen molar-refractivity contribution in [1.82, 2.24) is 4.98 Å². The Morgan fingerprint density at radius 2 is 2.00 bits per heavy atom. The molecule has 0 radical (unpaired) electrons. The third kappa shape index (κ3) is 3.98. The number of halogens is 1. The number of hydrogen-bond donors (Lipinski definition) is 0. The molecular weight excluding hydrogens is 404 g/mol. The Hall–Kier alpha value is -2.01. The van der Waals surface area contributed by atoms with E-state index in [0.29, 0.717) is 35.2 Å². The van der Waals surface area contributed by atoms with Crippen molar-refractivity contribution in [3.63, 3.8) is 0 Å². The van der Waals surface area contributed by atoms with Crippen LogP contribution in [-0.4, -0.2) is 28.7 Å². The number of benzene rings is 1. The lowest BCUT2D eigenvalue weighted by Crippen LogP contribution is -2.21. The van der Waals surface area contributed by atoms with Gasteiger partial charge in [0.15, 0.2) is 0 Å². The Kier molecular flexibility index (Phi) is 6.10. The van der Waals surface area contributed by atoms with Crippen LogP contribution in [0.2, 0.25) is 0 Å². The number of esters is 1. The Bertz CT molecular complexity index is 862. The van der Waals surface area contributed by atoms with E-state index in [4.69, 9.17) is 14.7 Å². The molecule has 27 heavy (non-hydrogen) atoms. The summed E-state index contributed by atoms with van der Waals surface area (Å²) >= 11 is 3.59. The molecule has 0 saturated heterocycles. The van der Waals surface area contributed by atoms with E-state index in [2.05, 4.69) is 36.7 Å². The van der Waals surface area contributed by atoms with Crippen molar-refractivity contribution in [2.24, 2.45) is 16.8 Å². The number of aliphatic imine (C=N–C) groups is 1. The largest absolute Gasteiger partial charge is 0.462 e. The standard InChI is InChI=1S/C22H25BrN2O2/c1-5-27-22(26)16-11-18(15-9-7-6-8-10-15)25-20-14(4)17(13(2)3)12-24-21(23)19(16)20/h6-11,13-14,17H,5,12H2,1-4H3. The van der Waals surface area contributed by atoms with Crippen molar-refractivity contribution in [2.75, 3.05) is 13.2 Å². The van der Waals surface area contributed by atoms with Gasteiger partial charge in [0.2, 0.25) is 0 Å². The van der Waals surface area contributed by atoms with Gasteiger partial charge in [0.05, 0.1) is 23.6 Å². The lowest BCUT2D eigenvalue weighted by Gasteiger charge is -2.25. The van der Waals surface area contributed by atoms with E-state index in [9.17, 15) is 4.79 Å². The van der Waals surface area contributed by atoms with E-state index in [1.165, 1.54) is 0 Å². The lowest BCUT2D eigenvalue weighted by atomic mass is 9.81. The molecule has 1 aromatic carbocycles. The Balaban J connectivity index is 2.26. The fourth-order valence-corrected chi connectivity index (χ4v) is 4.21. The predicted octanol–water partition coefficient (Wildman–Crippen LogP) is 5.46. The van der Waals surface area contributed by atoms with Crippen LogP contribution >= 0.6 is 15.9 Å². The molecule has 0 bridgehead atoms. The Labute approximate surface area is 169 Å². The Morgan fingerprint density at radius 1 is 1.30 bits per heavy atom. The minimum absolute atomic E-state index is 0.177. The highest BCUT2D eigenvalue weighted by molar-refractivity contribution is 9.18. The first-order valence-corrected chi connectivity index (χ1v) is 10.2. The molecule has 0 fully saturated rings. The number of pyridine rings is 1. The molecule has 3 rings (SSSR count). The van der Waals surface area contributed by atoms with Crippen LogP contribution in [0.15, 0.2) is 41.4 Å². The van der Waals surface area contributed by atoms with E-state index >= 15 is 0 Å². The first-order chi connectivity index (χ1) is 12.9. The molecule has 0 amide bonds. The molecule has 0 saturated carbocycles. The van der Waals surface area contributed by atoms with Gasteiger partial charge in [0, 0.05) is 23.6 Å². The van der Waals surface area contributed by atoms with Crippen LogP contribution in [0, 0.1) is 11.8 Å². The minimum Gasteiger partial charge on any atom is -0.462 e. The number of ether oxygens (including phenoxy) is 1. The second kappa shape index (κ2) is 8.34. The Morgan fingerprint density at radius 3 is 2.63 bits per heavy atom. The zero-order chi connectivity index (χ0) is 19.6. The van der Waals surface area contributed by atoms with Gasteiger partial charge in [-0.25, -0.2) is 4.79 Å². The second-order valence-corrected chi connectivity index (χ2v) is 7.98. The summed E-state index contributed by atoms with van der Waals surface area (Å²) in [6, 6.07) is 11.8. The molecule has 0 aliphatic carbocycles. The zero-order valence-corrected chi connectivity index (χ0v) is 17.8. The van der Waals surface area contributed by atoms with Gasteiger partial charge in [-0.1, -0.05) is 51.1 Å². The lowest BCUT2D eigenvalue weighted by molar-refractivity contribution is 0.0526. The summed E-state index contributed by atoms with van der Waals surface area (Å²) in [7, 11) is 0. The summed E-state index contributed by atoms with van der Waals surface area (Å²) in [5.41, 5.74) is 3.97. The highest BCUT2D eigenvalue weighted by atomic mass is 79.9. The molecule has 0 N–H and O–H groups in total. The summed E-state index contributed by atoms with van der Waals surface area (Å²) in [6.45, 7) is 9.46. The molecule has 2 unspecified atom stereocenters. The van der Waals surface area contributed by atoms with Gasteiger partial charge < -0.3 is 4.74 Å². The van der Waals surface area contributed by atoms with Crippen molar-refractivity contribution in [3.05, 3.63) is 53.2 Å². The normalized spacial score (nSPS) is 19.3. The van der Waals surface area contributed by atoms with Crippen LogP contribution in [0.5, 0.6) is 0 Å². The van der Waals surface area contributed by atoms with Crippen molar-refractivity contribution >= 4 is 26.5 Å². The van der Waals surface area contributed by atoms with Gasteiger partial charge >= 0.3 is 5.97 Å². The summed E-state index contributed by atoms with van der Waals surface area (Å²) in [5, 5.41) is 0. The van der Waals surface area contributed by atoms with Gasteiger partial charge in [-0.05, 0) is 40.8 Å². The molecule has 1 aliphatic rings. The number of rotatable bonds is 4. The number of aromatic nitrogens is 1. The topological polar surface area (TPSA) is 51.5 Å². The summed E-state index contributed by atoms with van der Waals surface area (Å²) in [5.74, 6) is 0.655. The molecule has 1 aliphatic heterocycles. The first-order valence-electron chi connectivity index (χ1n) is 9.41. The van der Waals surface area contributed by atoms with Crippen LogP contribution in [0.4, 0.5) is 0 Å². The average molecular weight is 429 g/mol. The molecule has 4 nitrogen and oxygen atoms in total. The highest BCUT2D eigenvalue weighted by Crippen LogP contribution is 2.38. The fraction of sp³-hybridized carbons (Fsp3) is 0.409. The molecule has 5 heteroatoms. The summed E-state index contributed by atoms with van der Waals surface area (Å²) < 4.78 is 6.02. The third-order valence-electron chi connectivity index (χ3n) is 5.19. The molecular formula is C22H25BrN2O2. The van der Waals surface area contributed by atoms with Crippen molar-refractivity contribution in [1.29, 1.82) is 0 Å². The van der Waals surface area contributed by atoms with E-state index in [1.54, 1.807) is 0 Å². The summed E-state index contributed by atoms with van der Waals surface area (Å²) in [4.78, 5) is 22.5. The van der Waals surface area contributed by atoms with E-state index in [0.717, 1.165) is 22.5 Å². The van der Waals surface area contributed by atoms with Gasteiger partial charge in [-0.15, -0.1) is 0 Å². The minimum atomic E-state index is -0.337. The number of carbonyl (C=O) groups is 1. The second-order valence-electron chi connectivity index (χ2n) is 7.23. The maximum atomic E-state index is 12.8. The molecule has 1 aromatic heterocycles. The predicted molar refractivity (Wildman–Crippen MR) is 113 cm³/mol. The molecule has 2 atom stereocenters. The highest BCUT2D eigenvalue weighted by Gasteiger charge is 2.32. The molecule has 2 aromatic rings. The van der Waals surface area contributed by atoms with Crippen molar-refractivity contribution < 1.29 is 9.53 Å². The van der Waals surface area contributed by atoms with Crippen LogP contribution in [0.25, 0.3) is 11.3 Å². The fourth-order valence-electron chi connectivity index (χ4n) is 3.65. The number of fused-ring (bicyclic) bond motifs is 1. The van der Waals surface area contributed by atoms with Gasteiger partial charge in [-0.3, -0.25) is 9.98 Å². The van der Waals surface area contributed by atoms with Crippen LogP contribution in [-0.2, 0) is 4.74 Å². The molecule has 142 valence electrons. The summed E-state index contributed by atoms with van der Waals surface area (Å²) in [6.07, 6.45) is 0. The maximum Gasteiger partial charge on any atom is 0.338 e. The van der Waals surface area contributed by atoms with Gasteiger partial charge in [0.25, 0.3) is 0 Å². The number of hydrogen-bond acceptors (Lipinski definition) is 4. The molecule has 0 spiro atoms. The number of nitrogens with zero attached hydrogens (tertiary/aromatic N) is 2. The van der Waals surface area contributed by atoms with Crippen molar-refractivity contribution in [2.45, 2.75) is 33.6 Å². The van der Waals surface area contributed by atoms with Crippen LogP contribution < -0.4 is 0 Å². The molecule has 2 heterocycles. The zero-order valence-electron chi connectivity index (χ0n) is 16.2. The van der Waals surface area contributed by atoms with E-state index < -0.39 is 0 Å². The third-order valence-corrected chi connectivity index (χ3v) is 5.84. The SMILES string of the molecule is CCOC(=O)c1cc(-c2ccccc2)nc2c1C(Br)=NCC(C(C)C)C2C. The van der Waals surface area contributed by atoms with Gasteiger partial charge in [-0.2, -0.15) is 0 Å². The first kappa shape index (κ1) is 19.7. The van der Waals surface area contributed by atoms with Crippen molar-refractivity contribution in [3.8, 4) is 11.3 Å². The maximum absolute atomic E-state index is 12.8. The van der Waals surface area contributed by atoms with Crippen LogP contribution in [0.1, 0.15) is 55.2 Å². The van der Waals surface area contributed by atoms with Gasteiger partial charge in [0.1, 0.15) is 4.62 Å². The number of carbonyl (C=O) groups excluding carboxylic acids is 1. The monoisotopic (exact) mass is 428 g/mol. The van der Waals surface area contributed by atoms with E-state index in [1.807, 2.05) is 43.3 Å². The van der Waals surface area contributed by atoms with Crippen LogP contribution in [0.3, 0.4) is 0 Å². The van der Waals surface area contributed by atoms with E-state index in [-0.39, 0.29) is 11.9 Å². The quantitative estimate of drug-likeness (QED) is 0.607. The average Bonchev–Trinajstić information content (AvgIpc) is 2.79.